The molecule has 7 aromatic rings. The highest BCUT2D eigenvalue weighted by molar-refractivity contribution is 5.97. The Bertz CT molecular complexity index is 2170. The molecular formula is C37H31N9O2+2. The average Bonchev–Trinajstić information content (AvgIpc) is 3.65. The van der Waals surface area contributed by atoms with Gasteiger partial charge in [-0.2, -0.15) is 10.2 Å². The van der Waals surface area contributed by atoms with E-state index in [2.05, 4.69) is 68.5 Å². The second-order valence-corrected chi connectivity index (χ2v) is 11.2. The summed E-state index contributed by atoms with van der Waals surface area (Å²) >= 11 is 0. The van der Waals surface area contributed by atoms with E-state index < -0.39 is 11.8 Å². The van der Waals surface area contributed by atoms with Crippen LogP contribution in [0.5, 0.6) is 0 Å². The minimum absolute atomic E-state index is 0.125. The van der Waals surface area contributed by atoms with E-state index in [9.17, 15) is 9.59 Å². The van der Waals surface area contributed by atoms with Crippen molar-refractivity contribution in [2.24, 2.45) is 24.3 Å². The fourth-order valence-corrected chi connectivity index (χ4v) is 5.50. The average molecular weight is 634 g/mol. The fraction of sp³-hybridized carbons (Fsp3) is 0.0541. The fourth-order valence-electron chi connectivity index (χ4n) is 5.50. The topological polar surface area (TPSA) is 112 Å². The van der Waals surface area contributed by atoms with Crippen LogP contribution in [0, 0.1) is 0 Å². The number of nitrogens with zero attached hydrogens (tertiary/aromatic N) is 7. The lowest BCUT2D eigenvalue weighted by Crippen LogP contribution is -2.29. The number of benzene rings is 2. The maximum absolute atomic E-state index is 12.6. The van der Waals surface area contributed by atoms with Gasteiger partial charge in [0, 0.05) is 29.5 Å². The van der Waals surface area contributed by atoms with Crippen molar-refractivity contribution in [1.29, 1.82) is 0 Å². The van der Waals surface area contributed by atoms with Crippen LogP contribution in [-0.2, 0) is 14.1 Å². The normalized spacial score (nSPS) is 11.5. The summed E-state index contributed by atoms with van der Waals surface area (Å²) in [5, 5.41) is 8.14. The molecule has 0 radical (unpaired) electrons. The summed E-state index contributed by atoms with van der Waals surface area (Å²) in [6, 6.07) is 30.9. The highest BCUT2D eigenvalue weighted by Crippen LogP contribution is 2.19. The number of hydrogen-bond acceptors (Lipinski definition) is 5. The Morgan fingerprint density at radius 1 is 0.646 bits per heavy atom. The number of nitrogens with one attached hydrogen (secondary N) is 2. The van der Waals surface area contributed by atoms with E-state index >= 15 is 0 Å². The van der Waals surface area contributed by atoms with Crippen molar-refractivity contribution in [2.75, 3.05) is 0 Å². The van der Waals surface area contributed by atoms with Gasteiger partial charge < -0.3 is 0 Å². The first-order chi connectivity index (χ1) is 23.4. The molecule has 0 spiro atoms. The number of hydrazone groups is 2. The van der Waals surface area contributed by atoms with Crippen LogP contribution in [0.4, 0.5) is 0 Å². The third-order valence-electron chi connectivity index (χ3n) is 8.10. The number of rotatable bonds is 8. The number of amides is 2. The van der Waals surface area contributed by atoms with Crippen LogP contribution in [0.2, 0.25) is 0 Å². The first kappa shape index (κ1) is 29.9. The molecule has 2 aromatic carbocycles. The Kier molecular flexibility index (Phi) is 8.06. The van der Waals surface area contributed by atoms with E-state index in [0.717, 1.165) is 44.9 Å². The summed E-state index contributed by atoms with van der Waals surface area (Å²) in [5.74, 6) is -0.941. The molecule has 11 nitrogen and oxygen atoms in total. The molecule has 0 aliphatic rings. The van der Waals surface area contributed by atoms with E-state index in [1.165, 1.54) is 18.3 Å². The molecule has 0 aliphatic heterocycles. The number of hydrogen-bond donors (Lipinski definition) is 2. The summed E-state index contributed by atoms with van der Waals surface area (Å²) in [7, 11) is 4.06. The van der Waals surface area contributed by atoms with Gasteiger partial charge in [0.25, 0.3) is 23.1 Å². The first-order valence-electron chi connectivity index (χ1n) is 15.2. The molecule has 48 heavy (non-hydrogen) atoms. The predicted octanol–water partition coefficient (Wildman–Crippen LogP) is 4.10. The van der Waals surface area contributed by atoms with Crippen LogP contribution in [-0.4, -0.2) is 38.0 Å². The lowest BCUT2D eigenvalue weighted by molar-refractivity contribution is -0.633. The zero-order chi connectivity index (χ0) is 33.0. The molecular weight excluding hydrogens is 602 g/mol. The van der Waals surface area contributed by atoms with Gasteiger partial charge in [-0.15, -0.1) is 0 Å². The predicted molar refractivity (Wildman–Crippen MR) is 182 cm³/mol. The van der Waals surface area contributed by atoms with Crippen LogP contribution in [0.1, 0.15) is 32.0 Å². The molecule has 0 fully saturated rings. The molecule has 0 saturated heterocycles. The van der Waals surface area contributed by atoms with Gasteiger partial charge in [-0.25, -0.2) is 28.8 Å². The minimum Gasteiger partial charge on any atom is -0.267 e. The van der Waals surface area contributed by atoms with Crippen molar-refractivity contribution in [3.8, 4) is 22.5 Å². The zero-order valence-electron chi connectivity index (χ0n) is 26.2. The summed E-state index contributed by atoms with van der Waals surface area (Å²) in [4.78, 5) is 29.3. The highest BCUT2D eigenvalue weighted by atomic mass is 16.2. The summed E-state index contributed by atoms with van der Waals surface area (Å²) in [6.45, 7) is 0. The molecule has 0 aliphatic carbocycles. The van der Waals surface area contributed by atoms with Crippen molar-refractivity contribution in [3.63, 3.8) is 0 Å². The zero-order valence-corrected chi connectivity index (χ0v) is 26.2. The second kappa shape index (κ2) is 12.9. The number of imidazole rings is 2. The van der Waals surface area contributed by atoms with Crippen LogP contribution < -0.4 is 20.0 Å². The molecule has 7 rings (SSSR count). The SMILES string of the molecule is C[n+]1c(-c2ccc(/C=N\NC(=O)c3ccc(C(=O)N/N=C/c4ccc(-c5cn6ccccc6[n+]5C)cc4)cn3)cc2)cn2ccccc21. The van der Waals surface area contributed by atoms with Crippen molar-refractivity contribution in [1.82, 2.24) is 24.6 Å². The smallest absolute Gasteiger partial charge is 0.267 e. The second-order valence-electron chi connectivity index (χ2n) is 11.2. The summed E-state index contributed by atoms with van der Waals surface area (Å²) < 4.78 is 8.42. The molecule has 0 atom stereocenters. The van der Waals surface area contributed by atoms with Crippen LogP contribution >= 0.6 is 0 Å². The van der Waals surface area contributed by atoms with E-state index in [4.69, 9.17) is 0 Å². The van der Waals surface area contributed by atoms with E-state index in [1.54, 1.807) is 12.4 Å². The van der Waals surface area contributed by atoms with Gasteiger partial charge in [0.05, 0.1) is 44.5 Å². The lowest BCUT2D eigenvalue weighted by atomic mass is 10.1. The number of carbonyl (C=O) groups excluding carboxylic acids is 2. The third kappa shape index (κ3) is 6.07. The minimum atomic E-state index is -0.495. The first-order valence-corrected chi connectivity index (χ1v) is 15.2. The maximum Gasteiger partial charge on any atom is 0.289 e. The van der Waals surface area contributed by atoms with Crippen molar-refractivity contribution < 1.29 is 18.7 Å². The lowest BCUT2D eigenvalue weighted by Gasteiger charge is -2.02. The third-order valence-corrected chi connectivity index (χ3v) is 8.10. The van der Waals surface area contributed by atoms with E-state index in [1.807, 2.05) is 99.3 Å². The van der Waals surface area contributed by atoms with Gasteiger partial charge in [-0.3, -0.25) is 14.6 Å². The van der Waals surface area contributed by atoms with Gasteiger partial charge in [0.1, 0.15) is 18.1 Å². The van der Waals surface area contributed by atoms with Gasteiger partial charge in [0.2, 0.25) is 0 Å². The molecule has 2 N–H and O–H groups in total. The highest BCUT2D eigenvalue weighted by Gasteiger charge is 2.16. The molecule has 11 heteroatoms. The Morgan fingerprint density at radius 3 is 1.60 bits per heavy atom. The quantitative estimate of drug-likeness (QED) is 0.149. The van der Waals surface area contributed by atoms with Crippen LogP contribution in [0.15, 0.2) is 138 Å². The number of aromatic nitrogens is 5. The number of aryl methyl sites for hydroxylation is 2. The molecule has 0 unspecified atom stereocenters. The van der Waals surface area contributed by atoms with Crippen LogP contribution in [0.3, 0.4) is 0 Å². The molecule has 0 saturated carbocycles. The number of pyridine rings is 3. The van der Waals surface area contributed by atoms with Gasteiger partial charge in [0.15, 0.2) is 11.4 Å². The molecule has 2 amide bonds. The van der Waals surface area contributed by atoms with Gasteiger partial charge in [-0.05, 0) is 59.7 Å². The summed E-state index contributed by atoms with van der Waals surface area (Å²) in [6.07, 6.45) is 12.7. The molecule has 0 bridgehead atoms. The standard InChI is InChI=1S/C37H29N9O2/c1-43-32(24-45-19-5-3-7-34(43)45)28-13-9-26(10-14-28)21-39-41-36(47)30-17-18-31(38-23-30)37(48)42-40-22-27-11-15-29(16-12-27)33-25-46-20-6-4-8-35(46)44(33)2/h3-25H,1-2H3/p+2/b39-21+,40-22-. The van der Waals surface area contributed by atoms with Gasteiger partial charge in [-0.1, -0.05) is 36.4 Å². The van der Waals surface area contributed by atoms with E-state index in [-0.39, 0.29) is 11.3 Å². The molecule has 5 heterocycles. The Morgan fingerprint density at radius 2 is 1.15 bits per heavy atom. The largest absolute Gasteiger partial charge is 0.289 e. The monoisotopic (exact) mass is 633 g/mol. The maximum atomic E-state index is 12.6. The molecule has 234 valence electrons. The Balaban J connectivity index is 0.911. The number of carbonyl (C=O) groups is 2. The van der Waals surface area contributed by atoms with Crippen molar-refractivity contribution in [3.05, 3.63) is 150 Å². The van der Waals surface area contributed by atoms with E-state index in [0.29, 0.717) is 0 Å². The van der Waals surface area contributed by atoms with Crippen LogP contribution in [0.25, 0.3) is 33.8 Å². The summed E-state index contributed by atoms with van der Waals surface area (Å²) in [5.41, 5.74) is 13.5. The Labute approximate surface area is 275 Å². The van der Waals surface area contributed by atoms with Gasteiger partial charge >= 0.3 is 0 Å². The van der Waals surface area contributed by atoms with Crippen molar-refractivity contribution in [2.45, 2.75) is 0 Å². The Hall–Kier alpha value is -6.75. The molecule has 5 aromatic heterocycles. The van der Waals surface area contributed by atoms with Crippen molar-refractivity contribution >= 4 is 35.5 Å². The number of fused-ring (bicyclic) bond motifs is 2.